The van der Waals surface area contributed by atoms with Gasteiger partial charge in [-0.3, -0.25) is 9.59 Å². The van der Waals surface area contributed by atoms with Crippen LogP contribution in [-0.4, -0.2) is 18.4 Å². The third kappa shape index (κ3) is 4.48. The summed E-state index contributed by atoms with van der Waals surface area (Å²) in [7, 11) is 0. The summed E-state index contributed by atoms with van der Waals surface area (Å²) in [5.41, 5.74) is 1.39. The van der Waals surface area contributed by atoms with Gasteiger partial charge in [0.15, 0.2) is 0 Å². The lowest BCUT2D eigenvalue weighted by atomic mass is 10.1. The van der Waals surface area contributed by atoms with Gasteiger partial charge in [-0.2, -0.15) is 0 Å². The second kappa shape index (κ2) is 7.82. The highest BCUT2D eigenvalue weighted by Gasteiger charge is 2.15. The summed E-state index contributed by atoms with van der Waals surface area (Å²) >= 11 is 11.8. The van der Waals surface area contributed by atoms with Gasteiger partial charge in [0.05, 0.1) is 15.7 Å². The monoisotopic (exact) mass is 336 g/mol. The van der Waals surface area contributed by atoms with E-state index in [1.807, 2.05) is 30.3 Å². The van der Waals surface area contributed by atoms with Crippen molar-refractivity contribution in [3.05, 3.63) is 64.1 Å². The summed E-state index contributed by atoms with van der Waals surface area (Å²) in [6.45, 7) is 0.375. The molecule has 0 unspecified atom stereocenters. The molecule has 6 heteroatoms. The van der Waals surface area contributed by atoms with E-state index in [-0.39, 0.29) is 5.02 Å². The number of benzene rings is 2. The number of rotatable bonds is 4. The summed E-state index contributed by atoms with van der Waals surface area (Å²) in [6, 6.07) is 14.5. The van der Waals surface area contributed by atoms with E-state index in [4.69, 9.17) is 23.2 Å². The fourth-order valence-electron chi connectivity index (χ4n) is 1.82. The second-order valence-electron chi connectivity index (χ2n) is 4.55. The molecule has 0 heterocycles. The lowest BCUT2D eigenvalue weighted by Crippen LogP contribution is -2.36. The van der Waals surface area contributed by atoms with Crippen molar-refractivity contribution < 1.29 is 9.59 Å². The molecule has 0 fully saturated rings. The van der Waals surface area contributed by atoms with Gasteiger partial charge in [-0.15, -0.1) is 0 Å². The highest BCUT2D eigenvalue weighted by molar-refractivity contribution is 6.45. The van der Waals surface area contributed by atoms with E-state index < -0.39 is 11.8 Å². The Morgan fingerprint density at radius 2 is 1.64 bits per heavy atom. The van der Waals surface area contributed by atoms with Gasteiger partial charge in [-0.1, -0.05) is 59.6 Å². The lowest BCUT2D eigenvalue weighted by Gasteiger charge is -2.08. The quantitative estimate of drug-likeness (QED) is 0.841. The van der Waals surface area contributed by atoms with Crippen molar-refractivity contribution in [2.45, 2.75) is 6.42 Å². The molecular formula is C16H14Cl2N2O2. The van der Waals surface area contributed by atoms with Gasteiger partial charge in [0.2, 0.25) is 0 Å². The Labute approximate surface area is 138 Å². The Kier molecular flexibility index (Phi) is 5.81. The largest absolute Gasteiger partial charge is 0.347 e. The summed E-state index contributed by atoms with van der Waals surface area (Å²) in [5, 5.41) is 5.50. The smallest absolute Gasteiger partial charge is 0.313 e. The summed E-state index contributed by atoms with van der Waals surface area (Å²) in [6.07, 6.45) is 0.651. The maximum absolute atomic E-state index is 11.8. The van der Waals surface area contributed by atoms with Crippen LogP contribution in [0.25, 0.3) is 0 Å². The average molecular weight is 337 g/mol. The van der Waals surface area contributed by atoms with E-state index in [0.29, 0.717) is 23.7 Å². The first kappa shape index (κ1) is 16.3. The fourth-order valence-corrected chi connectivity index (χ4v) is 2.17. The zero-order valence-electron chi connectivity index (χ0n) is 11.6. The molecule has 0 aliphatic rings. The van der Waals surface area contributed by atoms with Gasteiger partial charge in [0.1, 0.15) is 0 Å². The van der Waals surface area contributed by atoms with Crippen molar-refractivity contribution in [3.63, 3.8) is 0 Å². The molecule has 0 radical (unpaired) electrons. The van der Waals surface area contributed by atoms with Crippen molar-refractivity contribution in [2.75, 3.05) is 11.9 Å². The molecule has 2 rings (SSSR count). The molecule has 2 aromatic rings. The van der Waals surface area contributed by atoms with Crippen LogP contribution in [0.4, 0.5) is 5.69 Å². The fraction of sp³-hybridized carbons (Fsp3) is 0.125. The van der Waals surface area contributed by atoms with E-state index in [1.54, 1.807) is 18.2 Å². The number of carbonyl (C=O) groups excluding carboxylic acids is 2. The average Bonchev–Trinajstić information content (AvgIpc) is 2.52. The molecule has 114 valence electrons. The number of amides is 2. The Balaban J connectivity index is 1.85. The Morgan fingerprint density at radius 1 is 0.909 bits per heavy atom. The van der Waals surface area contributed by atoms with Crippen LogP contribution in [0, 0.1) is 0 Å². The van der Waals surface area contributed by atoms with Gasteiger partial charge in [-0.25, -0.2) is 0 Å². The van der Waals surface area contributed by atoms with Crippen molar-refractivity contribution in [1.82, 2.24) is 5.32 Å². The van der Waals surface area contributed by atoms with Crippen LogP contribution < -0.4 is 10.6 Å². The minimum atomic E-state index is -0.780. The molecule has 0 saturated heterocycles. The molecule has 2 N–H and O–H groups in total. The third-order valence-corrected chi connectivity index (χ3v) is 3.77. The normalized spacial score (nSPS) is 10.1. The van der Waals surface area contributed by atoms with Crippen LogP contribution in [-0.2, 0) is 16.0 Å². The van der Waals surface area contributed by atoms with Gasteiger partial charge in [0.25, 0.3) is 0 Å². The topological polar surface area (TPSA) is 58.2 Å². The number of hydrogen-bond donors (Lipinski definition) is 2. The van der Waals surface area contributed by atoms with Crippen molar-refractivity contribution in [1.29, 1.82) is 0 Å². The standard InChI is InChI=1S/C16H14Cl2N2O2/c17-12-7-4-8-13(14(12)18)20-16(22)15(21)19-10-9-11-5-2-1-3-6-11/h1-8H,9-10H2,(H,19,21)(H,20,22). The van der Waals surface area contributed by atoms with Gasteiger partial charge < -0.3 is 10.6 Å². The summed E-state index contributed by atoms with van der Waals surface area (Å²) in [5.74, 6) is -1.50. The Hall–Kier alpha value is -2.04. The predicted molar refractivity (Wildman–Crippen MR) is 88.2 cm³/mol. The Morgan fingerprint density at radius 3 is 2.36 bits per heavy atom. The first-order chi connectivity index (χ1) is 10.6. The number of halogens is 2. The van der Waals surface area contributed by atoms with Crippen LogP contribution in [0.3, 0.4) is 0 Å². The number of nitrogens with one attached hydrogen (secondary N) is 2. The van der Waals surface area contributed by atoms with Crippen molar-refractivity contribution >= 4 is 40.7 Å². The molecule has 22 heavy (non-hydrogen) atoms. The van der Waals surface area contributed by atoms with Crippen LogP contribution in [0.2, 0.25) is 10.0 Å². The predicted octanol–water partition coefficient (Wildman–Crippen LogP) is 3.29. The zero-order chi connectivity index (χ0) is 15.9. The molecule has 0 saturated carbocycles. The maximum atomic E-state index is 11.8. The van der Waals surface area contributed by atoms with Crippen molar-refractivity contribution in [2.24, 2.45) is 0 Å². The van der Waals surface area contributed by atoms with E-state index in [1.165, 1.54) is 0 Å². The van der Waals surface area contributed by atoms with Gasteiger partial charge in [0, 0.05) is 6.54 Å². The highest BCUT2D eigenvalue weighted by Crippen LogP contribution is 2.29. The van der Waals surface area contributed by atoms with Gasteiger partial charge in [-0.05, 0) is 24.1 Å². The third-order valence-electron chi connectivity index (χ3n) is 2.95. The highest BCUT2D eigenvalue weighted by atomic mass is 35.5. The van der Waals surface area contributed by atoms with Gasteiger partial charge >= 0.3 is 11.8 Å². The minimum absolute atomic E-state index is 0.203. The number of anilines is 1. The Bertz CT molecular complexity index is 675. The lowest BCUT2D eigenvalue weighted by molar-refractivity contribution is -0.136. The van der Waals surface area contributed by atoms with Crippen LogP contribution >= 0.6 is 23.2 Å². The summed E-state index contributed by atoms with van der Waals surface area (Å²) in [4.78, 5) is 23.5. The molecule has 2 aromatic carbocycles. The maximum Gasteiger partial charge on any atom is 0.313 e. The number of carbonyl (C=O) groups is 2. The molecule has 0 bridgehead atoms. The second-order valence-corrected chi connectivity index (χ2v) is 5.33. The van der Waals surface area contributed by atoms with E-state index in [9.17, 15) is 9.59 Å². The SMILES string of the molecule is O=C(NCCc1ccccc1)C(=O)Nc1cccc(Cl)c1Cl. The minimum Gasteiger partial charge on any atom is -0.347 e. The first-order valence-corrected chi connectivity index (χ1v) is 7.40. The molecule has 4 nitrogen and oxygen atoms in total. The van der Waals surface area contributed by atoms with Crippen LogP contribution in [0.5, 0.6) is 0 Å². The van der Waals surface area contributed by atoms with E-state index >= 15 is 0 Å². The van der Waals surface area contributed by atoms with Crippen LogP contribution in [0.15, 0.2) is 48.5 Å². The molecule has 0 atom stereocenters. The first-order valence-electron chi connectivity index (χ1n) is 6.65. The molecular weight excluding hydrogens is 323 g/mol. The van der Waals surface area contributed by atoms with E-state index in [0.717, 1.165) is 5.56 Å². The molecule has 2 amide bonds. The molecule has 0 aliphatic heterocycles. The zero-order valence-corrected chi connectivity index (χ0v) is 13.1. The molecule has 0 aromatic heterocycles. The number of hydrogen-bond acceptors (Lipinski definition) is 2. The molecule has 0 aliphatic carbocycles. The van der Waals surface area contributed by atoms with E-state index in [2.05, 4.69) is 10.6 Å². The molecule has 0 spiro atoms. The van der Waals surface area contributed by atoms with Crippen LogP contribution in [0.1, 0.15) is 5.56 Å². The van der Waals surface area contributed by atoms with Crippen molar-refractivity contribution in [3.8, 4) is 0 Å². The summed E-state index contributed by atoms with van der Waals surface area (Å²) < 4.78 is 0.